The Morgan fingerprint density at radius 2 is 1.80 bits per heavy atom. The summed E-state index contributed by atoms with van der Waals surface area (Å²) in [4.78, 5) is 12.3. The van der Waals surface area contributed by atoms with Gasteiger partial charge in [0.2, 0.25) is 10.0 Å². The largest absolute Gasteiger partial charge is 0.364 e. The first-order valence-corrected chi connectivity index (χ1v) is 9.61. The highest BCUT2D eigenvalue weighted by Gasteiger charge is 2.29. The van der Waals surface area contributed by atoms with Gasteiger partial charge >= 0.3 is 0 Å². The molecule has 1 heterocycles. The van der Waals surface area contributed by atoms with Gasteiger partial charge in [-0.1, -0.05) is 38.1 Å². The molecule has 2 aromatic carbocycles. The van der Waals surface area contributed by atoms with E-state index in [1.807, 2.05) is 13.8 Å². The molecule has 132 valence electrons. The van der Waals surface area contributed by atoms with Gasteiger partial charge in [-0.2, -0.15) is 4.72 Å². The Balaban J connectivity index is 1.79. The maximum absolute atomic E-state index is 12.4. The van der Waals surface area contributed by atoms with Gasteiger partial charge in [0, 0.05) is 12.1 Å². The van der Waals surface area contributed by atoms with Crippen LogP contribution >= 0.6 is 0 Å². The Labute approximate surface area is 147 Å². The molecular weight excluding hydrogens is 338 g/mol. The summed E-state index contributed by atoms with van der Waals surface area (Å²) in [6.07, 6.45) is -0.576. The summed E-state index contributed by atoms with van der Waals surface area (Å²) in [7, 11) is -3.58. The third kappa shape index (κ3) is 3.83. The lowest BCUT2D eigenvalue weighted by Crippen LogP contribution is -2.38. The first kappa shape index (κ1) is 17.4. The lowest BCUT2D eigenvalue weighted by atomic mass is 10.1. The second-order valence-corrected chi connectivity index (χ2v) is 8.10. The lowest BCUT2D eigenvalue weighted by Gasteiger charge is -2.28. The van der Waals surface area contributed by atoms with Crippen molar-refractivity contribution < 1.29 is 13.2 Å². The number of hydrogen-bond acceptors (Lipinski definition) is 4. The lowest BCUT2D eigenvalue weighted by molar-refractivity contribution is 0.0949. The molecule has 25 heavy (non-hydrogen) atoms. The molecule has 0 saturated heterocycles. The van der Waals surface area contributed by atoms with E-state index in [0.29, 0.717) is 23.7 Å². The summed E-state index contributed by atoms with van der Waals surface area (Å²) >= 11 is 0. The van der Waals surface area contributed by atoms with Gasteiger partial charge in [0.15, 0.2) is 0 Å². The summed E-state index contributed by atoms with van der Waals surface area (Å²) in [5, 5.41) is 6.02. The molecule has 0 radical (unpaired) electrons. The van der Waals surface area contributed by atoms with Crippen molar-refractivity contribution in [2.24, 2.45) is 5.92 Å². The third-order valence-corrected chi connectivity index (χ3v) is 5.41. The Kier molecular flexibility index (Phi) is 4.78. The molecule has 1 aliphatic rings. The second-order valence-electron chi connectivity index (χ2n) is 6.42. The van der Waals surface area contributed by atoms with E-state index in [1.165, 1.54) is 0 Å². The van der Waals surface area contributed by atoms with E-state index in [2.05, 4.69) is 15.4 Å². The first-order valence-electron chi connectivity index (χ1n) is 8.13. The summed E-state index contributed by atoms with van der Waals surface area (Å²) < 4.78 is 27.3. The molecule has 3 N–H and O–H groups in total. The van der Waals surface area contributed by atoms with Crippen LogP contribution in [-0.4, -0.2) is 20.9 Å². The molecule has 0 fully saturated rings. The predicted molar refractivity (Wildman–Crippen MR) is 96.7 cm³/mol. The van der Waals surface area contributed by atoms with Crippen LogP contribution in [0.3, 0.4) is 0 Å². The summed E-state index contributed by atoms with van der Waals surface area (Å²) in [6.45, 7) is 4.67. The molecule has 0 aromatic heterocycles. The van der Waals surface area contributed by atoms with Gasteiger partial charge in [0.05, 0.1) is 5.69 Å². The van der Waals surface area contributed by atoms with Crippen molar-refractivity contribution in [3.8, 4) is 0 Å². The van der Waals surface area contributed by atoms with E-state index in [-0.39, 0.29) is 10.8 Å². The number of carbonyl (C=O) groups is 1. The molecule has 0 saturated carbocycles. The number of nitrogens with one attached hydrogen (secondary N) is 3. The van der Waals surface area contributed by atoms with E-state index >= 15 is 0 Å². The second kappa shape index (κ2) is 6.85. The molecule has 1 amide bonds. The van der Waals surface area contributed by atoms with Crippen LogP contribution in [0.5, 0.6) is 0 Å². The molecule has 3 rings (SSSR count). The molecule has 6 nitrogen and oxygen atoms in total. The normalized spacial score (nSPS) is 18.3. The van der Waals surface area contributed by atoms with Crippen molar-refractivity contribution >= 4 is 21.6 Å². The van der Waals surface area contributed by atoms with E-state index in [0.717, 1.165) is 5.56 Å². The van der Waals surface area contributed by atoms with E-state index in [9.17, 15) is 13.2 Å². The molecule has 1 unspecified atom stereocenters. The number of rotatable bonds is 4. The molecule has 0 spiro atoms. The Bertz CT molecular complexity index is 877. The Hall–Kier alpha value is -2.38. The number of anilines is 1. The monoisotopic (exact) mass is 359 g/mol. The van der Waals surface area contributed by atoms with Crippen molar-refractivity contribution in [3.05, 3.63) is 59.7 Å². The van der Waals surface area contributed by atoms with Crippen molar-refractivity contribution in [2.45, 2.75) is 24.9 Å². The number of fused-ring (bicyclic) bond motifs is 1. The molecule has 0 aliphatic carbocycles. The maximum atomic E-state index is 12.4. The number of carbonyl (C=O) groups excluding carboxylic acids is 1. The average molecular weight is 359 g/mol. The number of sulfonamides is 1. The summed E-state index contributed by atoms with van der Waals surface area (Å²) in [5.74, 6) is 0.243. The van der Waals surface area contributed by atoms with Crippen LogP contribution in [0.2, 0.25) is 0 Å². The van der Waals surface area contributed by atoms with E-state index in [4.69, 9.17) is 0 Å². The van der Waals surface area contributed by atoms with Crippen LogP contribution in [0.15, 0.2) is 53.4 Å². The predicted octanol–water partition coefficient (Wildman–Crippen LogP) is 2.48. The zero-order valence-electron chi connectivity index (χ0n) is 14.1. The van der Waals surface area contributed by atoms with Gasteiger partial charge in [-0.15, -0.1) is 0 Å². The highest BCUT2D eigenvalue weighted by Crippen LogP contribution is 2.30. The maximum Gasteiger partial charge on any atom is 0.251 e. The topological polar surface area (TPSA) is 87.3 Å². The van der Waals surface area contributed by atoms with Crippen molar-refractivity contribution in [1.82, 2.24) is 10.0 Å². The van der Waals surface area contributed by atoms with Gasteiger partial charge in [-0.3, -0.25) is 4.79 Å². The Morgan fingerprint density at radius 3 is 2.48 bits per heavy atom. The zero-order chi connectivity index (χ0) is 18.0. The molecule has 7 heteroatoms. The average Bonchev–Trinajstić information content (AvgIpc) is 2.59. The van der Waals surface area contributed by atoms with E-state index in [1.54, 1.807) is 48.5 Å². The van der Waals surface area contributed by atoms with E-state index < -0.39 is 16.2 Å². The minimum Gasteiger partial charge on any atom is -0.364 e. The van der Waals surface area contributed by atoms with Gasteiger partial charge < -0.3 is 10.6 Å². The summed E-state index contributed by atoms with van der Waals surface area (Å²) in [6, 6.07) is 13.6. The molecule has 1 aliphatic heterocycles. The number of hydrogen-bond donors (Lipinski definition) is 3. The summed E-state index contributed by atoms with van der Waals surface area (Å²) in [5.41, 5.74) is 1.84. The third-order valence-electron chi connectivity index (χ3n) is 3.93. The minimum atomic E-state index is -3.58. The van der Waals surface area contributed by atoms with Gasteiger partial charge in [0.1, 0.15) is 11.1 Å². The standard InChI is InChI=1S/C18H21N3O3S/c1-12(2)11-19-18(22)14-9-7-13(8-10-14)17-20-15-5-3-4-6-16(15)25(23,24)21-17/h3-10,12,17,20-21H,11H2,1-2H3,(H,19,22). The Morgan fingerprint density at radius 1 is 1.12 bits per heavy atom. The fourth-order valence-corrected chi connectivity index (χ4v) is 3.91. The van der Waals surface area contributed by atoms with Crippen LogP contribution in [0.25, 0.3) is 0 Å². The number of para-hydroxylation sites is 1. The first-order chi connectivity index (χ1) is 11.9. The van der Waals surface area contributed by atoms with Crippen molar-refractivity contribution in [1.29, 1.82) is 0 Å². The highest BCUT2D eigenvalue weighted by atomic mass is 32.2. The van der Waals surface area contributed by atoms with Crippen LogP contribution in [0.1, 0.15) is 35.9 Å². The van der Waals surface area contributed by atoms with Gasteiger partial charge in [-0.25, -0.2) is 8.42 Å². The molecule has 0 bridgehead atoms. The SMILES string of the molecule is CC(C)CNC(=O)c1ccc(C2Nc3ccccc3S(=O)(=O)N2)cc1. The zero-order valence-corrected chi connectivity index (χ0v) is 14.9. The van der Waals surface area contributed by atoms with Gasteiger partial charge in [-0.05, 0) is 35.7 Å². The van der Waals surface area contributed by atoms with Crippen molar-refractivity contribution in [2.75, 3.05) is 11.9 Å². The van der Waals surface area contributed by atoms with Crippen LogP contribution in [0, 0.1) is 5.92 Å². The molecule has 1 atom stereocenters. The van der Waals surface area contributed by atoms with Crippen LogP contribution in [0.4, 0.5) is 5.69 Å². The smallest absolute Gasteiger partial charge is 0.251 e. The quantitative estimate of drug-likeness (QED) is 0.783. The van der Waals surface area contributed by atoms with Crippen LogP contribution in [-0.2, 0) is 10.0 Å². The van der Waals surface area contributed by atoms with Crippen LogP contribution < -0.4 is 15.4 Å². The highest BCUT2D eigenvalue weighted by molar-refractivity contribution is 7.89. The van der Waals surface area contributed by atoms with Gasteiger partial charge in [0.25, 0.3) is 5.91 Å². The minimum absolute atomic E-state index is 0.136. The number of amides is 1. The van der Waals surface area contributed by atoms with Crippen molar-refractivity contribution in [3.63, 3.8) is 0 Å². The molecule has 2 aromatic rings. The fraction of sp³-hybridized carbons (Fsp3) is 0.278. The number of benzene rings is 2. The fourth-order valence-electron chi connectivity index (χ4n) is 2.60. The molecular formula is C18H21N3O3S.